The Bertz CT molecular complexity index is 541. The van der Waals surface area contributed by atoms with Gasteiger partial charge in [-0.25, -0.2) is 0 Å². The van der Waals surface area contributed by atoms with Gasteiger partial charge in [0.25, 0.3) is 0 Å². The van der Waals surface area contributed by atoms with Crippen LogP contribution in [0.15, 0.2) is 29.8 Å². The summed E-state index contributed by atoms with van der Waals surface area (Å²) in [5.74, 6) is 0.550. The fourth-order valence-corrected chi connectivity index (χ4v) is 4.19. The summed E-state index contributed by atoms with van der Waals surface area (Å²) in [6.45, 7) is 4.55. The van der Waals surface area contributed by atoms with E-state index < -0.39 is 0 Å². The number of aliphatic hydroxyl groups excluding tert-OH is 1. The van der Waals surface area contributed by atoms with E-state index in [0.717, 1.165) is 24.8 Å². The van der Waals surface area contributed by atoms with Gasteiger partial charge in [0.2, 0.25) is 0 Å². The lowest BCUT2D eigenvalue weighted by atomic mass is 9.94. The first-order valence-corrected chi connectivity index (χ1v) is 7.97. The quantitative estimate of drug-likeness (QED) is 0.893. The number of hydrogen-bond donors (Lipinski definition) is 1. The molecule has 2 unspecified atom stereocenters. The van der Waals surface area contributed by atoms with Gasteiger partial charge in [0, 0.05) is 22.3 Å². The number of aromatic nitrogens is 1. The van der Waals surface area contributed by atoms with E-state index in [1.54, 1.807) is 0 Å². The van der Waals surface area contributed by atoms with Crippen LogP contribution < -0.4 is 0 Å². The molecule has 0 bridgehead atoms. The molecule has 2 aromatic rings. The first-order chi connectivity index (χ1) is 9.18. The predicted molar refractivity (Wildman–Crippen MR) is 79.6 cm³/mol. The van der Waals surface area contributed by atoms with Gasteiger partial charge < -0.3 is 9.67 Å². The minimum Gasteiger partial charge on any atom is -0.388 e. The van der Waals surface area contributed by atoms with Crippen LogP contribution in [0, 0.1) is 5.92 Å². The van der Waals surface area contributed by atoms with Gasteiger partial charge in [-0.15, -0.1) is 11.3 Å². The second-order valence-electron chi connectivity index (χ2n) is 5.74. The van der Waals surface area contributed by atoms with Crippen LogP contribution in [-0.4, -0.2) is 9.67 Å². The molecule has 0 saturated carbocycles. The van der Waals surface area contributed by atoms with Crippen molar-refractivity contribution >= 4 is 11.3 Å². The van der Waals surface area contributed by atoms with Crippen LogP contribution in [0.3, 0.4) is 0 Å². The summed E-state index contributed by atoms with van der Waals surface area (Å²) in [7, 11) is 0. The zero-order valence-electron chi connectivity index (χ0n) is 11.5. The van der Waals surface area contributed by atoms with Gasteiger partial charge in [-0.2, -0.15) is 0 Å². The molecule has 0 aromatic carbocycles. The highest BCUT2D eigenvalue weighted by Gasteiger charge is 2.26. The molecule has 0 aliphatic heterocycles. The van der Waals surface area contributed by atoms with Crippen LogP contribution >= 0.6 is 11.3 Å². The number of fused-ring (bicyclic) bond motifs is 1. The Morgan fingerprint density at radius 1 is 1.37 bits per heavy atom. The first-order valence-electron chi connectivity index (χ1n) is 7.09. The second kappa shape index (κ2) is 5.14. The Labute approximate surface area is 118 Å². The second-order valence-corrected chi connectivity index (χ2v) is 6.72. The van der Waals surface area contributed by atoms with Gasteiger partial charge >= 0.3 is 0 Å². The number of thiophene rings is 1. The summed E-state index contributed by atoms with van der Waals surface area (Å²) in [4.78, 5) is 1.41. The molecule has 19 heavy (non-hydrogen) atoms. The molecule has 2 nitrogen and oxygen atoms in total. The van der Waals surface area contributed by atoms with Crippen LogP contribution in [0.1, 0.15) is 55.0 Å². The topological polar surface area (TPSA) is 25.2 Å². The summed E-state index contributed by atoms with van der Waals surface area (Å²) >= 11 is 1.83. The van der Waals surface area contributed by atoms with E-state index in [4.69, 9.17) is 0 Å². The van der Waals surface area contributed by atoms with Gasteiger partial charge in [-0.3, -0.25) is 0 Å². The van der Waals surface area contributed by atoms with Crippen LogP contribution in [0.4, 0.5) is 0 Å². The highest BCUT2D eigenvalue weighted by atomic mass is 32.1. The fourth-order valence-electron chi connectivity index (χ4n) is 3.20. The Morgan fingerprint density at radius 2 is 2.21 bits per heavy atom. The Hall–Kier alpha value is -1.06. The van der Waals surface area contributed by atoms with Crippen molar-refractivity contribution in [3.8, 4) is 0 Å². The third-order valence-corrected chi connectivity index (χ3v) is 5.02. The van der Waals surface area contributed by atoms with Crippen molar-refractivity contribution in [1.29, 1.82) is 0 Å². The van der Waals surface area contributed by atoms with Crippen LogP contribution in [0.25, 0.3) is 0 Å². The van der Waals surface area contributed by atoms with Crippen molar-refractivity contribution < 1.29 is 5.11 Å². The number of aliphatic hydroxyl groups is 1. The summed E-state index contributed by atoms with van der Waals surface area (Å²) in [6.07, 6.45) is 4.99. The third-order valence-electron chi connectivity index (χ3n) is 4.08. The molecule has 0 fully saturated rings. The highest BCUT2D eigenvalue weighted by molar-refractivity contribution is 7.10. The lowest BCUT2D eigenvalue weighted by Gasteiger charge is -2.27. The molecule has 0 amide bonds. The van der Waals surface area contributed by atoms with Gasteiger partial charge in [-0.1, -0.05) is 19.9 Å². The van der Waals surface area contributed by atoms with E-state index in [-0.39, 0.29) is 6.10 Å². The van der Waals surface area contributed by atoms with Gasteiger partial charge in [0.15, 0.2) is 0 Å². The number of rotatable bonds is 3. The van der Waals surface area contributed by atoms with Gasteiger partial charge in [0.1, 0.15) is 0 Å². The number of nitrogens with zero attached hydrogens (tertiary/aromatic N) is 1. The normalized spacial score (nSPS) is 20.5. The summed E-state index contributed by atoms with van der Waals surface area (Å²) in [5.41, 5.74) is 2.49. The van der Waals surface area contributed by atoms with Crippen molar-refractivity contribution in [2.75, 3.05) is 0 Å². The highest BCUT2D eigenvalue weighted by Crippen LogP contribution is 2.37. The third kappa shape index (κ3) is 2.26. The summed E-state index contributed by atoms with van der Waals surface area (Å²) in [6, 6.07) is 6.86. The van der Waals surface area contributed by atoms with Crippen molar-refractivity contribution in [3.05, 3.63) is 45.9 Å². The minimum atomic E-state index is -0.263. The standard InChI is InChI=1S/C16H21NOS/c1-11(2)16(15-7-4-10-19-15)17-9-8-12-13(17)5-3-6-14(12)18/h4,7-11,14,16,18H,3,5-6H2,1-2H3. The maximum Gasteiger partial charge on any atom is 0.0807 e. The largest absolute Gasteiger partial charge is 0.388 e. The van der Waals surface area contributed by atoms with E-state index in [1.807, 2.05) is 11.3 Å². The molecule has 102 valence electrons. The smallest absolute Gasteiger partial charge is 0.0807 e. The monoisotopic (exact) mass is 275 g/mol. The predicted octanol–water partition coefficient (Wildman–Crippen LogP) is 4.16. The van der Waals surface area contributed by atoms with Crippen molar-refractivity contribution in [2.45, 2.75) is 45.3 Å². The number of hydrogen-bond acceptors (Lipinski definition) is 2. The average molecular weight is 275 g/mol. The molecule has 3 rings (SSSR count). The van der Waals surface area contributed by atoms with Crippen LogP contribution in [-0.2, 0) is 6.42 Å². The zero-order valence-corrected chi connectivity index (χ0v) is 12.4. The Balaban J connectivity index is 2.05. The van der Waals surface area contributed by atoms with Crippen molar-refractivity contribution in [2.24, 2.45) is 5.92 Å². The SMILES string of the molecule is CC(C)C(c1cccs1)n1ccc2c1CCCC2O. The molecule has 3 heteroatoms. The average Bonchev–Trinajstić information content (AvgIpc) is 3.01. The fraction of sp³-hybridized carbons (Fsp3) is 0.500. The molecule has 1 N–H and O–H groups in total. The van der Waals surface area contributed by atoms with Crippen LogP contribution in [0.2, 0.25) is 0 Å². The molecule has 1 aliphatic carbocycles. The molecule has 0 spiro atoms. The molecule has 0 radical (unpaired) electrons. The molecular formula is C16H21NOS. The van der Waals surface area contributed by atoms with E-state index in [0.29, 0.717) is 12.0 Å². The molecule has 2 atom stereocenters. The molecule has 2 aromatic heterocycles. The van der Waals surface area contributed by atoms with E-state index in [1.165, 1.54) is 10.6 Å². The maximum absolute atomic E-state index is 10.1. The Kier molecular flexibility index (Phi) is 3.50. The summed E-state index contributed by atoms with van der Waals surface area (Å²) in [5, 5.41) is 12.3. The lowest BCUT2D eigenvalue weighted by molar-refractivity contribution is 0.155. The van der Waals surface area contributed by atoms with Crippen molar-refractivity contribution in [3.63, 3.8) is 0 Å². The van der Waals surface area contributed by atoms with Crippen LogP contribution in [0.5, 0.6) is 0 Å². The first kappa shape index (κ1) is 12.9. The van der Waals surface area contributed by atoms with E-state index in [9.17, 15) is 5.11 Å². The lowest BCUT2D eigenvalue weighted by Crippen LogP contribution is -2.19. The zero-order chi connectivity index (χ0) is 13.4. The van der Waals surface area contributed by atoms with Crippen molar-refractivity contribution in [1.82, 2.24) is 4.57 Å². The maximum atomic E-state index is 10.1. The minimum absolute atomic E-state index is 0.263. The van der Waals surface area contributed by atoms with Gasteiger partial charge in [0.05, 0.1) is 12.1 Å². The molecule has 1 aliphatic rings. The molecule has 0 saturated heterocycles. The van der Waals surface area contributed by atoms with E-state index in [2.05, 4.69) is 48.2 Å². The summed E-state index contributed by atoms with van der Waals surface area (Å²) < 4.78 is 2.40. The van der Waals surface area contributed by atoms with E-state index >= 15 is 0 Å². The molecular weight excluding hydrogens is 254 g/mol. The molecule has 2 heterocycles. The Morgan fingerprint density at radius 3 is 2.89 bits per heavy atom. The van der Waals surface area contributed by atoms with Gasteiger partial charge in [-0.05, 0) is 42.7 Å².